The van der Waals surface area contributed by atoms with Gasteiger partial charge in [0.1, 0.15) is 0 Å². The maximum Gasteiger partial charge on any atom is 0.0615 e. The second kappa shape index (κ2) is 8.63. The number of hydrogen-bond acceptors (Lipinski definition) is 2. The van der Waals surface area contributed by atoms with Gasteiger partial charge in [0.2, 0.25) is 0 Å². The van der Waals surface area contributed by atoms with Gasteiger partial charge < -0.3 is 0 Å². The van der Waals surface area contributed by atoms with Gasteiger partial charge in [-0.05, 0) is 61.0 Å². The van der Waals surface area contributed by atoms with E-state index < -0.39 is 0 Å². The summed E-state index contributed by atoms with van der Waals surface area (Å²) in [4.78, 5) is 4.26. The summed E-state index contributed by atoms with van der Waals surface area (Å²) in [5.74, 6) is 2.03. The lowest BCUT2D eigenvalue weighted by Crippen LogP contribution is -2.31. The second-order valence-electron chi connectivity index (χ2n) is 7.90. The van der Waals surface area contributed by atoms with E-state index in [9.17, 15) is 0 Å². The summed E-state index contributed by atoms with van der Waals surface area (Å²) >= 11 is 2.01. The number of hydrogen-bond donors (Lipinski definition) is 0. The van der Waals surface area contributed by atoms with Crippen LogP contribution in [0.4, 0.5) is 0 Å². The Morgan fingerprint density at radius 2 is 1.77 bits per heavy atom. The normalized spacial score (nSPS) is 23.6. The Morgan fingerprint density at radius 1 is 0.962 bits per heavy atom. The first-order valence-corrected chi connectivity index (χ1v) is 11.4. The third kappa shape index (κ3) is 3.87. The molecule has 0 saturated carbocycles. The van der Waals surface area contributed by atoms with E-state index in [-0.39, 0.29) is 0 Å². The Balaban J connectivity index is 1.64. The number of benzene rings is 2. The predicted octanol–water partition coefficient (Wildman–Crippen LogP) is 6.67. The maximum absolute atomic E-state index is 2.79. The highest BCUT2D eigenvalue weighted by atomic mass is 32.2. The predicted molar refractivity (Wildman–Crippen MR) is 113 cm³/mol. The first-order valence-electron chi connectivity index (χ1n) is 10.4. The highest BCUT2D eigenvalue weighted by Gasteiger charge is 2.30. The number of rotatable bonds is 4. The first kappa shape index (κ1) is 18.1. The number of thioether (sulfide) groups is 1. The lowest BCUT2D eigenvalue weighted by Gasteiger charge is -2.32. The number of unbranched alkanes of at least 4 members (excludes halogenated alkanes) is 1. The van der Waals surface area contributed by atoms with E-state index in [0.717, 1.165) is 11.7 Å². The Hall–Kier alpha value is -1.25. The molecule has 2 unspecified atom stereocenters. The van der Waals surface area contributed by atoms with Crippen molar-refractivity contribution in [1.29, 1.82) is 0 Å². The largest absolute Gasteiger partial charge is 0.292 e. The van der Waals surface area contributed by atoms with Crippen LogP contribution in [-0.2, 0) is 5.75 Å². The minimum absolute atomic E-state index is 0.433. The fraction of sp³-hybridized carbons (Fsp3) is 0.500. The zero-order chi connectivity index (χ0) is 17.8. The van der Waals surface area contributed by atoms with Crippen molar-refractivity contribution in [2.75, 3.05) is 13.1 Å². The van der Waals surface area contributed by atoms with Crippen LogP contribution in [-0.4, -0.2) is 18.0 Å². The van der Waals surface area contributed by atoms with Crippen molar-refractivity contribution in [3.05, 3.63) is 65.2 Å². The van der Waals surface area contributed by atoms with Crippen molar-refractivity contribution in [3.63, 3.8) is 0 Å². The first-order chi connectivity index (χ1) is 12.9. The summed E-state index contributed by atoms with van der Waals surface area (Å²) in [5.41, 5.74) is 4.58. The van der Waals surface area contributed by atoms with Gasteiger partial charge in [-0.3, -0.25) is 4.90 Å². The van der Waals surface area contributed by atoms with Gasteiger partial charge in [0.05, 0.1) is 6.04 Å². The van der Waals surface area contributed by atoms with Crippen LogP contribution in [0.2, 0.25) is 0 Å². The minimum Gasteiger partial charge on any atom is -0.292 e. The minimum atomic E-state index is 0.433. The van der Waals surface area contributed by atoms with Crippen molar-refractivity contribution >= 4 is 11.8 Å². The molecule has 0 bridgehead atoms. The van der Waals surface area contributed by atoms with Crippen LogP contribution in [0.5, 0.6) is 0 Å². The van der Waals surface area contributed by atoms with Crippen molar-refractivity contribution < 1.29 is 0 Å². The highest BCUT2D eigenvalue weighted by molar-refractivity contribution is 7.98. The standard InChI is InChI=1S/C24H31NS/c1-2-3-9-19-10-8-16-25(17-15-19)24-21-12-5-4-11-20(21)18-26-23-14-7-6-13-22(23)24/h4-7,11-14,19,24H,2-3,8-10,15-18H2,1H3. The Kier molecular flexibility index (Phi) is 6.01. The summed E-state index contributed by atoms with van der Waals surface area (Å²) in [6.07, 6.45) is 8.30. The SMILES string of the molecule is CCCCC1CCCN(C2c3ccccc3CSc3ccccc32)CC1. The van der Waals surface area contributed by atoms with Gasteiger partial charge in [0.15, 0.2) is 0 Å². The fourth-order valence-electron chi connectivity index (χ4n) is 4.71. The second-order valence-corrected chi connectivity index (χ2v) is 8.92. The van der Waals surface area contributed by atoms with Crippen LogP contribution < -0.4 is 0 Å². The zero-order valence-corrected chi connectivity index (χ0v) is 16.8. The molecule has 2 atom stereocenters. The van der Waals surface area contributed by atoms with Gasteiger partial charge >= 0.3 is 0 Å². The smallest absolute Gasteiger partial charge is 0.0615 e. The molecule has 2 aromatic rings. The molecule has 2 aliphatic heterocycles. The molecule has 0 radical (unpaired) electrons. The Bertz CT molecular complexity index is 678. The Labute approximate surface area is 163 Å². The van der Waals surface area contributed by atoms with E-state index in [4.69, 9.17) is 0 Å². The van der Waals surface area contributed by atoms with E-state index in [1.807, 2.05) is 11.8 Å². The van der Waals surface area contributed by atoms with E-state index in [1.165, 1.54) is 73.2 Å². The monoisotopic (exact) mass is 365 g/mol. The summed E-state index contributed by atoms with van der Waals surface area (Å²) in [6.45, 7) is 4.80. The van der Waals surface area contributed by atoms with Crippen LogP contribution in [0.15, 0.2) is 53.4 Å². The van der Waals surface area contributed by atoms with E-state index in [1.54, 1.807) is 0 Å². The molecule has 4 rings (SSSR count). The average molecular weight is 366 g/mol. The zero-order valence-electron chi connectivity index (χ0n) is 16.0. The highest BCUT2D eigenvalue weighted by Crippen LogP contribution is 2.43. The fourth-order valence-corrected chi connectivity index (χ4v) is 5.81. The van der Waals surface area contributed by atoms with E-state index in [2.05, 4.69) is 60.4 Å². The summed E-state index contributed by atoms with van der Waals surface area (Å²) in [6, 6.07) is 18.7. The van der Waals surface area contributed by atoms with Gasteiger partial charge in [0.25, 0.3) is 0 Å². The quantitative estimate of drug-likeness (QED) is 0.595. The van der Waals surface area contributed by atoms with Gasteiger partial charge in [-0.2, -0.15) is 0 Å². The Morgan fingerprint density at radius 3 is 2.65 bits per heavy atom. The van der Waals surface area contributed by atoms with E-state index >= 15 is 0 Å². The van der Waals surface area contributed by atoms with Crippen molar-refractivity contribution in [1.82, 2.24) is 4.90 Å². The molecule has 26 heavy (non-hydrogen) atoms. The molecule has 0 spiro atoms. The molecule has 0 aromatic heterocycles. The third-order valence-corrected chi connectivity index (χ3v) is 7.30. The van der Waals surface area contributed by atoms with Crippen molar-refractivity contribution in [2.45, 2.75) is 62.1 Å². The molecule has 1 nitrogen and oxygen atoms in total. The van der Waals surface area contributed by atoms with Crippen LogP contribution in [0.25, 0.3) is 0 Å². The average Bonchev–Trinajstić information content (AvgIpc) is 3.01. The maximum atomic E-state index is 2.79. The lowest BCUT2D eigenvalue weighted by atomic mass is 9.93. The van der Waals surface area contributed by atoms with Gasteiger partial charge in [-0.1, -0.05) is 68.7 Å². The molecule has 1 saturated heterocycles. The molecule has 1 fully saturated rings. The van der Waals surface area contributed by atoms with Gasteiger partial charge in [-0.25, -0.2) is 0 Å². The topological polar surface area (TPSA) is 3.24 Å². The van der Waals surface area contributed by atoms with Crippen LogP contribution in [0, 0.1) is 5.92 Å². The third-order valence-electron chi connectivity index (χ3n) is 6.16. The molecule has 0 aliphatic carbocycles. The van der Waals surface area contributed by atoms with Crippen molar-refractivity contribution in [3.8, 4) is 0 Å². The molecular formula is C24H31NS. The number of fused-ring (bicyclic) bond motifs is 2. The summed E-state index contributed by atoms with van der Waals surface area (Å²) in [7, 11) is 0. The lowest BCUT2D eigenvalue weighted by molar-refractivity contribution is 0.228. The van der Waals surface area contributed by atoms with Crippen molar-refractivity contribution in [2.24, 2.45) is 5.92 Å². The molecule has 2 heteroatoms. The number of likely N-dealkylation sites (tertiary alicyclic amines) is 1. The number of nitrogens with zero attached hydrogens (tertiary/aromatic N) is 1. The molecule has 138 valence electrons. The van der Waals surface area contributed by atoms with Crippen LogP contribution in [0.3, 0.4) is 0 Å². The molecule has 2 heterocycles. The van der Waals surface area contributed by atoms with Crippen LogP contribution >= 0.6 is 11.8 Å². The van der Waals surface area contributed by atoms with Gasteiger partial charge in [0, 0.05) is 10.6 Å². The molecular weight excluding hydrogens is 334 g/mol. The van der Waals surface area contributed by atoms with Gasteiger partial charge in [-0.15, -0.1) is 11.8 Å². The summed E-state index contributed by atoms with van der Waals surface area (Å²) < 4.78 is 0. The van der Waals surface area contributed by atoms with E-state index in [0.29, 0.717) is 6.04 Å². The summed E-state index contributed by atoms with van der Waals surface area (Å²) in [5, 5.41) is 0. The molecule has 2 aromatic carbocycles. The molecule has 2 aliphatic rings. The van der Waals surface area contributed by atoms with Crippen LogP contribution in [0.1, 0.15) is 68.2 Å². The molecule has 0 amide bonds. The molecule has 0 N–H and O–H groups in total.